The Morgan fingerprint density at radius 1 is 1.10 bits per heavy atom. The summed E-state index contributed by atoms with van der Waals surface area (Å²) in [7, 11) is 3.31. The highest BCUT2D eigenvalue weighted by Crippen LogP contribution is 2.10. The summed E-state index contributed by atoms with van der Waals surface area (Å²) in [6.45, 7) is 2.70. The van der Waals surface area contributed by atoms with Crippen molar-refractivity contribution in [1.29, 1.82) is 0 Å². The first-order valence-corrected chi connectivity index (χ1v) is 6.40. The highest BCUT2D eigenvalue weighted by Gasteiger charge is 2.04. The van der Waals surface area contributed by atoms with Gasteiger partial charge in [0.15, 0.2) is 6.61 Å². The van der Waals surface area contributed by atoms with Crippen molar-refractivity contribution in [3.8, 4) is 5.75 Å². The van der Waals surface area contributed by atoms with Crippen LogP contribution in [0, 0.1) is 6.92 Å². The van der Waals surface area contributed by atoms with Crippen LogP contribution < -0.4 is 15.4 Å². The highest BCUT2D eigenvalue weighted by atomic mass is 16.5. The van der Waals surface area contributed by atoms with E-state index in [-0.39, 0.29) is 18.5 Å². The van der Waals surface area contributed by atoms with Crippen LogP contribution in [-0.2, 0) is 4.79 Å². The van der Waals surface area contributed by atoms with Crippen LogP contribution >= 0.6 is 0 Å². The predicted molar refractivity (Wildman–Crippen MR) is 76.8 cm³/mol. The quantitative estimate of drug-likeness (QED) is 0.755. The number of hydrogen-bond donors (Lipinski definition) is 2. The maximum atomic E-state index is 11.5. The fraction of sp³-hybridized carbons (Fsp3) is 0.429. The van der Waals surface area contributed by atoms with Crippen molar-refractivity contribution in [3.63, 3.8) is 0 Å². The molecule has 0 spiro atoms. The molecule has 0 aliphatic rings. The Hall–Kier alpha value is -2.24. The van der Waals surface area contributed by atoms with E-state index in [1.807, 2.05) is 31.2 Å². The lowest BCUT2D eigenvalue weighted by Crippen LogP contribution is -2.40. The monoisotopic (exact) mass is 279 g/mol. The highest BCUT2D eigenvalue weighted by molar-refractivity contribution is 5.77. The summed E-state index contributed by atoms with van der Waals surface area (Å²) < 4.78 is 5.33. The van der Waals surface area contributed by atoms with Gasteiger partial charge in [0.05, 0.1) is 0 Å². The van der Waals surface area contributed by atoms with Crippen molar-refractivity contribution in [2.75, 3.05) is 33.8 Å². The van der Waals surface area contributed by atoms with Gasteiger partial charge in [0.1, 0.15) is 5.75 Å². The zero-order valence-electron chi connectivity index (χ0n) is 12.1. The van der Waals surface area contributed by atoms with Crippen molar-refractivity contribution < 1.29 is 14.3 Å². The Morgan fingerprint density at radius 2 is 1.70 bits per heavy atom. The number of nitrogens with zero attached hydrogens (tertiary/aromatic N) is 1. The van der Waals surface area contributed by atoms with Gasteiger partial charge < -0.3 is 20.3 Å². The minimum Gasteiger partial charge on any atom is -0.484 e. The molecule has 6 nitrogen and oxygen atoms in total. The number of rotatable bonds is 6. The molecule has 0 aromatic heterocycles. The number of carbonyl (C=O) groups is 2. The van der Waals surface area contributed by atoms with Gasteiger partial charge in [-0.05, 0) is 19.1 Å². The molecule has 1 aromatic carbocycles. The van der Waals surface area contributed by atoms with Gasteiger partial charge in [0, 0.05) is 27.2 Å². The van der Waals surface area contributed by atoms with Gasteiger partial charge in [0.2, 0.25) is 0 Å². The summed E-state index contributed by atoms with van der Waals surface area (Å²) in [6, 6.07) is 7.29. The minimum atomic E-state index is -0.218. The lowest BCUT2D eigenvalue weighted by molar-refractivity contribution is -0.123. The van der Waals surface area contributed by atoms with E-state index in [1.165, 1.54) is 4.90 Å². The van der Waals surface area contributed by atoms with Crippen LogP contribution in [0.1, 0.15) is 5.56 Å². The number of urea groups is 1. The summed E-state index contributed by atoms with van der Waals surface area (Å²) in [5, 5.41) is 5.31. The van der Waals surface area contributed by atoms with E-state index in [9.17, 15) is 9.59 Å². The summed E-state index contributed by atoms with van der Waals surface area (Å²) >= 11 is 0. The summed E-state index contributed by atoms with van der Waals surface area (Å²) in [6.07, 6.45) is 0. The molecule has 0 atom stereocenters. The van der Waals surface area contributed by atoms with Crippen LogP contribution in [0.5, 0.6) is 5.75 Å². The van der Waals surface area contributed by atoms with Gasteiger partial charge in [-0.15, -0.1) is 0 Å². The molecule has 0 aliphatic heterocycles. The van der Waals surface area contributed by atoms with Crippen molar-refractivity contribution in [2.45, 2.75) is 6.92 Å². The number of amides is 3. The first kappa shape index (κ1) is 15.8. The molecule has 1 aromatic rings. The number of benzene rings is 1. The van der Waals surface area contributed by atoms with E-state index in [0.29, 0.717) is 18.8 Å². The fourth-order valence-corrected chi connectivity index (χ4v) is 1.36. The second kappa shape index (κ2) is 8.04. The Kier molecular flexibility index (Phi) is 6.36. The molecule has 6 heteroatoms. The lowest BCUT2D eigenvalue weighted by atomic mass is 10.2. The number of hydrogen-bond acceptors (Lipinski definition) is 3. The molecule has 0 radical (unpaired) electrons. The normalized spacial score (nSPS) is 9.75. The molecule has 20 heavy (non-hydrogen) atoms. The molecule has 110 valence electrons. The molecular formula is C14H21N3O3. The fourth-order valence-electron chi connectivity index (χ4n) is 1.36. The Morgan fingerprint density at radius 3 is 2.30 bits per heavy atom. The second-order valence-corrected chi connectivity index (χ2v) is 4.58. The van der Waals surface area contributed by atoms with Crippen molar-refractivity contribution >= 4 is 11.9 Å². The summed E-state index contributed by atoms with van der Waals surface area (Å²) in [5.74, 6) is 0.441. The third-order valence-electron chi connectivity index (χ3n) is 2.52. The van der Waals surface area contributed by atoms with E-state index in [1.54, 1.807) is 14.1 Å². The average Bonchev–Trinajstić information content (AvgIpc) is 2.42. The topological polar surface area (TPSA) is 70.7 Å². The Balaban J connectivity index is 2.14. The molecule has 2 N–H and O–H groups in total. The van der Waals surface area contributed by atoms with Gasteiger partial charge in [-0.25, -0.2) is 4.79 Å². The Labute approximate surface area is 119 Å². The van der Waals surface area contributed by atoms with Gasteiger partial charge in [-0.1, -0.05) is 17.7 Å². The minimum absolute atomic E-state index is 0.0370. The zero-order valence-corrected chi connectivity index (χ0v) is 12.1. The average molecular weight is 279 g/mol. The summed E-state index contributed by atoms with van der Waals surface area (Å²) in [4.78, 5) is 24.1. The van der Waals surface area contributed by atoms with E-state index >= 15 is 0 Å². The molecule has 0 aliphatic carbocycles. The molecule has 0 heterocycles. The molecule has 0 saturated carbocycles. The molecule has 0 saturated heterocycles. The lowest BCUT2D eigenvalue weighted by Gasteiger charge is -2.12. The van der Waals surface area contributed by atoms with Crippen LogP contribution in [0.4, 0.5) is 4.79 Å². The van der Waals surface area contributed by atoms with Gasteiger partial charge in [0.25, 0.3) is 5.91 Å². The zero-order chi connectivity index (χ0) is 15.0. The van der Waals surface area contributed by atoms with Crippen LogP contribution in [0.15, 0.2) is 24.3 Å². The maximum Gasteiger partial charge on any atom is 0.316 e. The third kappa shape index (κ3) is 6.08. The van der Waals surface area contributed by atoms with E-state index < -0.39 is 0 Å². The number of nitrogens with one attached hydrogen (secondary N) is 2. The molecule has 3 amide bonds. The Bertz CT molecular complexity index is 443. The van der Waals surface area contributed by atoms with Crippen molar-refractivity contribution in [2.24, 2.45) is 0 Å². The number of aryl methyl sites for hydroxylation is 1. The van der Waals surface area contributed by atoms with Crippen molar-refractivity contribution in [1.82, 2.24) is 15.5 Å². The van der Waals surface area contributed by atoms with Crippen LogP contribution in [-0.4, -0.2) is 50.6 Å². The van der Waals surface area contributed by atoms with Gasteiger partial charge in [-0.3, -0.25) is 4.79 Å². The van der Waals surface area contributed by atoms with E-state index in [4.69, 9.17) is 4.74 Å². The van der Waals surface area contributed by atoms with E-state index in [2.05, 4.69) is 10.6 Å². The van der Waals surface area contributed by atoms with Gasteiger partial charge in [-0.2, -0.15) is 0 Å². The van der Waals surface area contributed by atoms with Crippen molar-refractivity contribution in [3.05, 3.63) is 29.8 Å². The first-order chi connectivity index (χ1) is 9.49. The largest absolute Gasteiger partial charge is 0.484 e. The number of ether oxygens (including phenoxy) is 1. The molecule has 0 fully saturated rings. The SMILES string of the molecule is Cc1ccc(OCC(=O)NCCNC(=O)N(C)C)cc1. The third-order valence-corrected chi connectivity index (χ3v) is 2.52. The first-order valence-electron chi connectivity index (χ1n) is 6.40. The smallest absolute Gasteiger partial charge is 0.316 e. The van der Waals surface area contributed by atoms with E-state index in [0.717, 1.165) is 5.56 Å². The summed E-state index contributed by atoms with van der Waals surface area (Å²) in [5.41, 5.74) is 1.14. The number of carbonyl (C=O) groups excluding carboxylic acids is 2. The van der Waals surface area contributed by atoms with Crippen LogP contribution in [0.3, 0.4) is 0 Å². The standard InChI is InChI=1S/C14H21N3O3/c1-11-4-6-12(7-5-11)20-10-13(18)15-8-9-16-14(19)17(2)3/h4-7H,8-10H2,1-3H3,(H,15,18)(H,16,19). The molecule has 0 bridgehead atoms. The second-order valence-electron chi connectivity index (χ2n) is 4.58. The molecular weight excluding hydrogens is 258 g/mol. The van der Waals surface area contributed by atoms with Crippen LogP contribution in [0.25, 0.3) is 0 Å². The van der Waals surface area contributed by atoms with Gasteiger partial charge >= 0.3 is 6.03 Å². The maximum absolute atomic E-state index is 11.5. The predicted octanol–water partition coefficient (Wildman–Crippen LogP) is 0.761. The van der Waals surface area contributed by atoms with Crippen LogP contribution in [0.2, 0.25) is 0 Å². The molecule has 1 rings (SSSR count). The molecule has 0 unspecified atom stereocenters.